The van der Waals surface area contributed by atoms with Gasteiger partial charge in [0, 0.05) is 6.04 Å². The standard InChI is InChI=1S/C13H17N3O4S/c1-8(14)10-4-3-5-11(6-10)21(19,20)16-7-12(17)15-13(18)9(16)2/h3-6,8-9H,7,14H2,1-2H3,(H,15,17,18). The lowest BCUT2D eigenvalue weighted by Gasteiger charge is -2.30. The molecule has 2 unspecified atom stereocenters. The molecule has 1 aromatic carbocycles. The maximum atomic E-state index is 12.6. The van der Waals surface area contributed by atoms with Crippen molar-refractivity contribution in [3.05, 3.63) is 29.8 Å². The van der Waals surface area contributed by atoms with Crippen molar-refractivity contribution in [2.24, 2.45) is 5.73 Å². The quantitative estimate of drug-likeness (QED) is 0.748. The van der Waals surface area contributed by atoms with Crippen molar-refractivity contribution in [3.63, 3.8) is 0 Å². The summed E-state index contributed by atoms with van der Waals surface area (Å²) in [5.41, 5.74) is 6.41. The van der Waals surface area contributed by atoms with Crippen molar-refractivity contribution < 1.29 is 18.0 Å². The van der Waals surface area contributed by atoms with Crippen molar-refractivity contribution in [3.8, 4) is 0 Å². The van der Waals surface area contributed by atoms with Gasteiger partial charge in [0.15, 0.2) is 0 Å². The molecule has 2 atom stereocenters. The molecule has 0 saturated carbocycles. The number of imide groups is 1. The summed E-state index contributed by atoms with van der Waals surface area (Å²) in [7, 11) is -3.94. The third-order valence-corrected chi connectivity index (χ3v) is 5.28. The number of hydrogen-bond acceptors (Lipinski definition) is 5. The molecular formula is C13H17N3O4S. The third kappa shape index (κ3) is 2.97. The minimum absolute atomic E-state index is 0.0200. The summed E-state index contributed by atoms with van der Waals surface area (Å²) in [6.07, 6.45) is 0. The molecule has 0 spiro atoms. The van der Waals surface area contributed by atoms with Crippen molar-refractivity contribution in [2.75, 3.05) is 6.54 Å². The zero-order chi connectivity index (χ0) is 15.8. The maximum absolute atomic E-state index is 12.6. The molecular weight excluding hydrogens is 294 g/mol. The van der Waals surface area contributed by atoms with E-state index in [2.05, 4.69) is 5.32 Å². The fourth-order valence-corrected chi connectivity index (χ4v) is 3.68. The van der Waals surface area contributed by atoms with Crippen LogP contribution in [0, 0.1) is 0 Å². The molecule has 0 aromatic heterocycles. The molecule has 1 saturated heterocycles. The number of amides is 2. The van der Waals surface area contributed by atoms with Crippen LogP contribution < -0.4 is 11.1 Å². The normalized spacial score (nSPS) is 22.0. The van der Waals surface area contributed by atoms with Gasteiger partial charge in [-0.1, -0.05) is 12.1 Å². The molecule has 1 fully saturated rings. The minimum atomic E-state index is -3.94. The number of carbonyl (C=O) groups is 2. The molecule has 2 amide bonds. The Morgan fingerprint density at radius 2 is 2.05 bits per heavy atom. The predicted molar refractivity (Wildman–Crippen MR) is 75.5 cm³/mol. The second-order valence-electron chi connectivity index (χ2n) is 5.00. The SMILES string of the molecule is CC(N)c1cccc(S(=O)(=O)N2CC(=O)NC(=O)C2C)c1. The second kappa shape index (κ2) is 5.55. The van der Waals surface area contributed by atoms with Crippen LogP contribution in [0.5, 0.6) is 0 Å². The fraction of sp³-hybridized carbons (Fsp3) is 0.385. The molecule has 1 aliphatic heterocycles. The largest absolute Gasteiger partial charge is 0.324 e. The number of nitrogens with one attached hydrogen (secondary N) is 1. The Morgan fingerprint density at radius 3 is 2.67 bits per heavy atom. The van der Waals surface area contributed by atoms with Gasteiger partial charge in [-0.2, -0.15) is 4.31 Å². The lowest BCUT2D eigenvalue weighted by molar-refractivity contribution is -0.136. The highest BCUT2D eigenvalue weighted by Gasteiger charge is 2.38. The van der Waals surface area contributed by atoms with Crippen LogP contribution in [0.25, 0.3) is 0 Å². The van der Waals surface area contributed by atoms with Gasteiger partial charge in [0.1, 0.15) is 6.04 Å². The Hall–Kier alpha value is -1.77. The lowest BCUT2D eigenvalue weighted by Crippen LogP contribution is -2.58. The topological polar surface area (TPSA) is 110 Å². The van der Waals surface area contributed by atoms with E-state index in [0.717, 1.165) is 4.31 Å². The Balaban J connectivity index is 2.44. The number of nitrogens with zero attached hydrogens (tertiary/aromatic N) is 1. The number of sulfonamides is 1. The Morgan fingerprint density at radius 1 is 1.38 bits per heavy atom. The van der Waals surface area contributed by atoms with Gasteiger partial charge in [0.05, 0.1) is 11.4 Å². The Kier molecular flexibility index (Phi) is 4.13. The molecule has 7 nitrogen and oxygen atoms in total. The van der Waals surface area contributed by atoms with Crippen molar-refractivity contribution in [1.29, 1.82) is 0 Å². The third-order valence-electron chi connectivity index (χ3n) is 3.36. The van der Waals surface area contributed by atoms with Crippen molar-refractivity contribution in [2.45, 2.75) is 30.8 Å². The molecule has 2 rings (SSSR count). The van der Waals surface area contributed by atoms with Gasteiger partial charge >= 0.3 is 0 Å². The molecule has 8 heteroatoms. The number of nitrogens with two attached hydrogens (primary N) is 1. The van der Waals surface area contributed by atoms with Crippen LogP contribution in [0.15, 0.2) is 29.2 Å². The average molecular weight is 311 g/mol. The summed E-state index contributed by atoms with van der Waals surface area (Å²) < 4.78 is 26.1. The number of piperazine rings is 1. The Bertz CT molecular complexity index is 684. The van der Waals surface area contributed by atoms with E-state index >= 15 is 0 Å². The summed E-state index contributed by atoms with van der Waals surface area (Å²) in [5, 5.41) is 2.11. The molecule has 1 aliphatic rings. The van der Waals surface area contributed by atoms with E-state index in [9.17, 15) is 18.0 Å². The first-order valence-corrected chi connectivity index (χ1v) is 7.88. The zero-order valence-corrected chi connectivity index (χ0v) is 12.6. The van der Waals surface area contributed by atoms with Gasteiger partial charge in [0.25, 0.3) is 0 Å². The van der Waals surface area contributed by atoms with Crippen LogP contribution in [-0.4, -0.2) is 37.1 Å². The van der Waals surface area contributed by atoms with E-state index in [4.69, 9.17) is 5.73 Å². The number of carbonyl (C=O) groups excluding carboxylic acids is 2. The molecule has 1 aromatic rings. The van der Waals surface area contributed by atoms with Crippen LogP contribution in [0.4, 0.5) is 0 Å². The highest BCUT2D eigenvalue weighted by atomic mass is 32.2. The van der Waals surface area contributed by atoms with Crippen LogP contribution in [0.3, 0.4) is 0 Å². The first-order valence-electron chi connectivity index (χ1n) is 6.44. The highest BCUT2D eigenvalue weighted by Crippen LogP contribution is 2.22. The van der Waals surface area contributed by atoms with Crippen molar-refractivity contribution in [1.82, 2.24) is 9.62 Å². The first kappa shape index (κ1) is 15.6. The summed E-state index contributed by atoms with van der Waals surface area (Å²) in [6.45, 7) is 2.80. The molecule has 0 radical (unpaired) electrons. The van der Waals surface area contributed by atoms with Gasteiger partial charge in [-0.15, -0.1) is 0 Å². The highest BCUT2D eigenvalue weighted by molar-refractivity contribution is 7.89. The molecule has 0 bridgehead atoms. The van der Waals surface area contributed by atoms with Gasteiger partial charge in [0.2, 0.25) is 21.8 Å². The van der Waals surface area contributed by atoms with E-state index in [1.165, 1.54) is 19.1 Å². The van der Waals surface area contributed by atoms with Crippen molar-refractivity contribution >= 4 is 21.8 Å². The van der Waals surface area contributed by atoms with Gasteiger partial charge < -0.3 is 5.73 Å². The molecule has 21 heavy (non-hydrogen) atoms. The fourth-order valence-electron chi connectivity index (χ4n) is 2.08. The smallest absolute Gasteiger partial charge is 0.244 e. The zero-order valence-electron chi connectivity index (χ0n) is 11.7. The first-order chi connectivity index (χ1) is 9.73. The predicted octanol–water partition coefficient (Wildman–Crippen LogP) is -0.258. The summed E-state index contributed by atoms with van der Waals surface area (Å²) in [6, 6.07) is 4.94. The van der Waals surface area contributed by atoms with E-state index < -0.39 is 27.9 Å². The van der Waals surface area contributed by atoms with Crippen LogP contribution in [0.2, 0.25) is 0 Å². The van der Waals surface area contributed by atoms with E-state index in [0.29, 0.717) is 5.56 Å². The number of hydrogen-bond donors (Lipinski definition) is 2. The van der Waals surface area contributed by atoms with E-state index in [-0.39, 0.29) is 17.5 Å². The summed E-state index contributed by atoms with van der Waals surface area (Å²) in [5.74, 6) is -1.26. The van der Waals surface area contributed by atoms with Crippen LogP contribution >= 0.6 is 0 Å². The van der Waals surface area contributed by atoms with Crippen LogP contribution in [-0.2, 0) is 19.6 Å². The number of benzene rings is 1. The van der Waals surface area contributed by atoms with E-state index in [1.807, 2.05) is 0 Å². The molecule has 3 N–H and O–H groups in total. The maximum Gasteiger partial charge on any atom is 0.244 e. The van der Waals surface area contributed by atoms with Crippen LogP contribution in [0.1, 0.15) is 25.5 Å². The lowest BCUT2D eigenvalue weighted by atomic mass is 10.1. The molecule has 0 aliphatic carbocycles. The monoisotopic (exact) mass is 311 g/mol. The van der Waals surface area contributed by atoms with Gasteiger partial charge in [-0.3, -0.25) is 14.9 Å². The summed E-state index contributed by atoms with van der Waals surface area (Å²) >= 11 is 0. The second-order valence-corrected chi connectivity index (χ2v) is 6.89. The van der Waals surface area contributed by atoms with Gasteiger partial charge in [-0.25, -0.2) is 8.42 Å². The number of rotatable bonds is 3. The minimum Gasteiger partial charge on any atom is -0.324 e. The molecule has 114 valence electrons. The summed E-state index contributed by atoms with van der Waals surface area (Å²) in [4.78, 5) is 23.1. The van der Waals surface area contributed by atoms with E-state index in [1.54, 1.807) is 19.1 Å². The average Bonchev–Trinajstić information content (AvgIpc) is 2.42. The van der Waals surface area contributed by atoms with Gasteiger partial charge in [-0.05, 0) is 31.5 Å². The molecule has 1 heterocycles. The Labute approximate surface area is 123 Å².